The number of aliphatic imine (C=N–C) groups is 1. The normalized spacial score (nSPS) is 17.6. The first-order valence-electron chi connectivity index (χ1n) is 9.24. The minimum absolute atomic E-state index is 0.00549. The monoisotopic (exact) mass is 387 g/mol. The van der Waals surface area contributed by atoms with Crippen molar-refractivity contribution >= 4 is 29.7 Å². The van der Waals surface area contributed by atoms with E-state index in [-0.39, 0.29) is 6.04 Å². The summed E-state index contributed by atoms with van der Waals surface area (Å²) < 4.78 is 2.12. The lowest BCUT2D eigenvalue weighted by atomic mass is 9.97. The number of aliphatic hydroxyl groups excluding tert-OH is 1. The van der Waals surface area contributed by atoms with E-state index >= 15 is 0 Å². The highest BCUT2D eigenvalue weighted by atomic mass is 35.5. The fraction of sp³-hybridized carbons (Fsp3) is 0.130. The molecular weight excluding hydrogens is 370 g/mol. The van der Waals surface area contributed by atoms with Gasteiger partial charge in [-0.25, -0.2) is 9.98 Å². The quantitative estimate of drug-likeness (QED) is 0.719. The molecule has 0 bridgehead atoms. The van der Waals surface area contributed by atoms with Gasteiger partial charge in [-0.15, -0.1) is 0 Å². The third kappa shape index (κ3) is 2.91. The Morgan fingerprint density at radius 2 is 1.93 bits per heavy atom. The van der Waals surface area contributed by atoms with Crippen LogP contribution in [0.4, 0.5) is 5.69 Å². The first-order valence-corrected chi connectivity index (χ1v) is 9.61. The van der Waals surface area contributed by atoms with Gasteiger partial charge >= 0.3 is 0 Å². The van der Waals surface area contributed by atoms with Crippen molar-refractivity contribution in [3.63, 3.8) is 0 Å². The highest BCUT2D eigenvalue weighted by molar-refractivity contribution is 6.31. The van der Waals surface area contributed by atoms with E-state index in [9.17, 15) is 5.11 Å². The van der Waals surface area contributed by atoms with Crippen molar-refractivity contribution in [2.24, 2.45) is 9.98 Å². The first kappa shape index (κ1) is 17.2. The highest BCUT2D eigenvalue weighted by Gasteiger charge is 2.22. The number of aromatic nitrogens is 1. The Kier molecular flexibility index (Phi) is 4.23. The lowest BCUT2D eigenvalue weighted by molar-refractivity contribution is 0.152. The molecule has 0 amide bonds. The van der Waals surface area contributed by atoms with Crippen LogP contribution in [0.3, 0.4) is 0 Å². The molecule has 2 aliphatic heterocycles. The molecule has 4 nitrogen and oxygen atoms in total. The Labute approximate surface area is 167 Å². The predicted octanol–water partition coefficient (Wildman–Crippen LogP) is 4.12. The van der Waals surface area contributed by atoms with Gasteiger partial charge in [0.1, 0.15) is 12.0 Å². The molecule has 0 spiro atoms. The molecule has 0 radical (unpaired) electrons. The number of halogens is 1. The van der Waals surface area contributed by atoms with Crippen molar-refractivity contribution in [3.05, 3.63) is 88.2 Å². The lowest BCUT2D eigenvalue weighted by Crippen LogP contribution is -2.32. The molecule has 5 rings (SSSR count). The SMILES string of the molecule is OC(CC1C=CC=c2cc3c(n21)=NC=N3)c1ccc(-c2ccccc2)cc1Cl. The number of hydrogen-bond acceptors (Lipinski definition) is 3. The minimum Gasteiger partial charge on any atom is -0.388 e. The van der Waals surface area contributed by atoms with E-state index in [1.165, 1.54) is 0 Å². The van der Waals surface area contributed by atoms with Gasteiger partial charge in [0, 0.05) is 16.8 Å². The second kappa shape index (κ2) is 6.89. The van der Waals surface area contributed by atoms with Crippen molar-refractivity contribution in [1.82, 2.24) is 4.57 Å². The van der Waals surface area contributed by atoms with Crippen LogP contribution in [0.15, 0.2) is 76.7 Å². The number of nitrogens with zero attached hydrogens (tertiary/aromatic N) is 3. The number of fused-ring (bicyclic) bond motifs is 3. The Bertz CT molecular complexity index is 1220. The smallest absolute Gasteiger partial charge is 0.161 e. The second-order valence-corrected chi connectivity index (χ2v) is 7.40. The Balaban J connectivity index is 1.43. The number of allylic oxidation sites excluding steroid dienone is 2. The van der Waals surface area contributed by atoms with E-state index in [1.54, 1.807) is 6.34 Å². The molecule has 2 atom stereocenters. The molecule has 28 heavy (non-hydrogen) atoms. The summed E-state index contributed by atoms with van der Waals surface area (Å²) in [5, 5.41) is 12.5. The van der Waals surface area contributed by atoms with Crippen LogP contribution in [0, 0.1) is 0 Å². The van der Waals surface area contributed by atoms with E-state index < -0.39 is 6.10 Å². The number of aliphatic hydroxyl groups is 1. The molecule has 1 aromatic heterocycles. The second-order valence-electron chi connectivity index (χ2n) is 6.99. The molecule has 138 valence electrons. The Hall–Kier alpha value is -2.95. The van der Waals surface area contributed by atoms with Gasteiger partial charge in [0.25, 0.3) is 0 Å². The van der Waals surface area contributed by atoms with E-state index in [0.29, 0.717) is 11.4 Å². The molecule has 3 heterocycles. The average molecular weight is 388 g/mol. The summed E-state index contributed by atoms with van der Waals surface area (Å²) in [6.45, 7) is 0. The summed E-state index contributed by atoms with van der Waals surface area (Å²) >= 11 is 6.54. The molecule has 5 heteroatoms. The molecule has 0 saturated carbocycles. The summed E-state index contributed by atoms with van der Waals surface area (Å²) in [5.41, 5.74) is 4.60. The van der Waals surface area contributed by atoms with Gasteiger partial charge < -0.3 is 9.67 Å². The van der Waals surface area contributed by atoms with Gasteiger partial charge in [0.05, 0.1) is 12.1 Å². The van der Waals surface area contributed by atoms with Gasteiger partial charge in [0.15, 0.2) is 5.49 Å². The van der Waals surface area contributed by atoms with E-state index in [2.05, 4.69) is 20.6 Å². The van der Waals surface area contributed by atoms with Gasteiger partial charge in [-0.1, -0.05) is 66.2 Å². The van der Waals surface area contributed by atoms with E-state index in [4.69, 9.17) is 11.6 Å². The van der Waals surface area contributed by atoms with Crippen LogP contribution < -0.4 is 10.8 Å². The first-order chi connectivity index (χ1) is 13.7. The summed E-state index contributed by atoms with van der Waals surface area (Å²) in [7, 11) is 0. The van der Waals surface area contributed by atoms with Crippen LogP contribution in [-0.2, 0) is 0 Å². The maximum absolute atomic E-state index is 10.9. The minimum atomic E-state index is -0.682. The zero-order chi connectivity index (χ0) is 19.1. The molecule has 3 aromatic rings. The standard InChI is InChI=1S/C23H18ClN3O/c24-20-11-16(15-5-2-1-3-6-15)9-10-19(20)22(28)13-18-8-4-7-17-12-21-23(27(17)18)26-14-25-21/h1-12,14,18,22,28H,13H2. The van der Waals surface area contributed by atoms with E-state index in [0.717, 1.165) is 33.2 Å². The lowest BCUT2D eigenvalue weighted by Gasteiger charge is -2.22. The Morgan fingerprint density at radius 1 is 1.07 bits per heavy atom. The zero-order valence-electron chi connectivity index (χ0n) is 15.0. The van der Waals surface area contributed by atoms with Crippen molar-refractivity contribution in [1.29, 1.82) is 0 Å². The van der Waals surface area contributed by atoms with Crippen LogP contribution in [0.25, 0.3) is 17.2 Å². The molecule has 0 saturated heterocycles. The molecule has 1 N–H and O–H groups in total. The summed E-state index contributed by atoms with van der Waals surface area (Å²) in [6, 6.07) is 17.9. The van der Waals surface area contributed by atoms with Crippen LogP contribution in [-0.4, -0.2) is 16.0 Å². The van der Waals surface area contributed by atoms with Gasteiger partial charge in [-0.3, -0.25) is 0 Å². The van der Waals surface area contributed by atoms with Crippen molar-refractivity contribution in [3.8, 4) is 11.1 Å². The zero-order valence-corrected chi connectivity index (χ0v) is 15.8. The number of rotatable bonds is 4. The van der Waals surface area contributed by atoms with Gasteiger partial charge in [0.2, 0.25) is 0 Å². The summed E-state index contributed by atoms with van der Waals surface area (Å²) in [4.78, 5) is 8.66. The third-order valence-corrected chi connectivity index (χ3v) is 5.59. The van der Waals surface area contributed by atoms with E-state index in [1.807, 2.05) is 66.7 Å². The van der Waals surface area contributed by atoms with Gasteiger partial charge in [-0.2, -0.15) is 0 Å². The average Bonchev–Trinajstić information content (AvgIpc) is 3.30. The number of benzene rings is 2. The van der Waals surface area contributed by atoms with Gasteiger partial charge in [-0.05, 0) is 34.9 Å². The molecule has 2 aromatic carbocycles. The molecular formula is C23H18ClN3O. The highest BCUT2D eigenvalue weighted by Crippen LogP contribution is 2.33. The third-order valence-electron chi connectivity index (χ3n) is 5.26. The number of hydrogen-bond donors (Lipinski definition) is 1. The molecule has 2 aliphatic rings. The van der Waals surface area contributed by atoms with Crippen molar-refractivity contribution in [2.75, 3.05) is 0 Å². The fourth-order valence-electron chi connectivity index (χ4n) is 3.88. The van der Waals surface area contributed by atoms with Crippen LogP contribution >= 0.6 is 11.6 Å². The van der Waals surface area contributed by atoms with Crippen LogP contribution in [0.2, 0.25) is 5.02 Å². The molecule has 2 unspecified atom stereocenters. The topological polar surface area (TPSA) is 49.9 Å². The summed E-state index contributed by atoms with van der Waals surface area (Å²) in [6.07, 6.45) is 7.54. The van der Waals surface area contributed by atoms with Crippen LogP contribution in [0.1, 0.15) is 24.1 Å². The molecule has 0 fully saturated rings. The van der Waals surface area contributed by atoms with Crippen molar-refractivity contribution in [2.45, 2.75) is 18.6 Å². The Morgan fingerprint density at radius 3 is 2.75 bits per heavy atom. The summed E-state index contributed by atoms with van der Waals surface area (Å²) in [5.74, 6) is 0. The molecule has 0 aliphatic carbocycles. The van der Waals surface area contributed by atoms with Crippen molar-refractivity contribution < 1.29 is 5.11 Å². The maximum Gasteiger partial charge on any atom is 0.161 e. The largest absolute Gasteiger partial charge is 0.388 e. The maximum atomic E-state index is 10.9. The fourth-order valence-corrected chi connectivity index (χ4v) is 4.19. The van der Waals surface area contributed by atoms with Crippen LogP contribution in [0.5, 0.6) is 0 Å². The predicted molar refractivity (Wildman–Crippen MR) is 112 cm³/mol.